The van der Waals surface area contributed by atoms with Crippen molar-refractivity contribution >= 4 is 56.2 Å². The number of halogens is 1. The van der Waals surface area contributed by atoms with Crippen molar-refractivity contribution in [2.45, 2.75) is 32.6 Å². The summed E-state index contributed by atoms with van der Waals surface area (Å²) in [6, 6.07) is 22.9. The van der Waals surface area contributed by atoms with Crippen molar-refractivity contribution in [1.29, 1.82) is 0 Å². The van der Waals surface area contributed by atoms with Crippen LogP contribution in [-0.4, -0.2) is 17.6 Å². The van der Waals surface area contributed by atoms with Gasteiger partial charge in [0.1, 0.15) is 5.75 Å². The second-order valence-corrected chi connectivity index (χ2v) is 8.79. The summed E-state index contributed by atoms with van der Waals surface area (Å²) < 4.78 is 6.55. The van der Waals surface area contributed by atoms with Crippen LogP contribution in [0.1, 0.15) is 43.0 Å². The van der Waals surface area contributed by atoms with Crippen LogP contribution in [-0.2, 0) is 0 Å². The van der Waals surface area contributed by atoms with E-state index in [1.54, 1.807) is 18.2 Å². The Morgan fingerprint density at radius 3 is 2.30 bits per heavy atom. The zero-order chi connectivity index (χ0) is 23.5. The molecular weight excluding hydrogens is 498 g/mol. The summed E-state index contributed by atoms with van der Waals surface area (Å²) in [6.45, 7) is 2.85. The van der Waals surface area contributed by atoms with Gasteiger partial charge < -0.3 is 15.4 Å². The van der Waals surface area contributed by atoms with E-state index in [4.69, 9.17) is 17.0 Å². The Kier molecular flexibility index (Phi) is 9.72. The Morgan fingerprint density at radius 1 is 0.909 bits per heavy atom. The third-order valence-corrected chi connectivity index (χ3v) is 5.71. The number of carbonyl (C=O) groups excluding carboxylic acids is 1. The van der Waals surface area contributed by atoms with Gasteiger partial charge in [-0.25, -0.2) is 0 Å². The van der Waals surface area contributed by atoms with Gasteiger partial charge in [-0.2, -0.15) is 0 Å². The van der Waals surface area contributed by atoms with E-state index in [9.17, 15) is 4.79 Å². The molecule has 3 rings (SSSR count). The van der Waals surface area contributed by atoms with E-state index in [0.29, 0.717) is 12.2 Å². The summed E-state index contributed by atoms with van der Waals surface area (Å²) in [7, 11) is 0. The molecule has 0 aromatic heterocycles. The van der Waals surface area contributed by atoms with Crippen molar-refractivity contribution in [1.82, 2.24) is 5.32 Å². The van der Waals surface area contributed by atoms with Gasteiger partial charge in [-0.1, -0.05) is 44.4 Å². The van der Waals surface area contributed by atoms with Gasteiger partial charge in [0.25, 0.3) is 5.91 Å². The summed E-state index contributed by atoms with van der Waals surface area (Å²) in [5, 5.41) is 9.31. The van der Waals surface area contributed by atoms with Crippen LogP contribution in [0, 0.1) is 0 Å². The molecule has 3 N–H and O–H groups in total. The topological polar surface area (TPSA) is 62.4 Å². The minimum Gasteiger partial charge on any atom is -0.492 e. The van der Waals surface area contributed by atoms with E-state index < -0.39 is 0 Å². The van der Waals surface area contributed by atoms with Gasteiger partial charge in [-0.05, 0) is 89.2 Å². The highest BCUT2D eigenvalue weighted by atomic mass is 79.9. The summed E-state index contributed by atoms with van der Waals surface area (Å²) >= 11 is 8.79. The Balaban J connectivity index is 1.48. The molecule has 0 saturated carbocycles. The molecule has 0 saturated heterocycles. The Bertz CT molecular complexity index is 1060. The van der Waals surface area contributed by atoms with Gasteiger partial charge in [0.05, 0.1) is 11.1 Å². The van der Waals surface area contributed by atoms with Gasteiger partial charge in [0, 0.05) is 22.6 Å². The molecule has 0 aliphatic rings. The van der Waals surface area contributed by atoms with Crippen LogP contribution in [0.15, 0.2) is 77.3 Å². The van der Waals surface area contributed by atoms with Crippen molar-refractivity contribution in [3.8, 4) is 5.75 Å². The van der Waals surface area contributed by atoms with Crippen LogP contribution >= 0.6 is 28.1 Å². The normalized spacial score (nSPS) is 10.4. The highest BCUT2D eigenvalue weighted by Gasteiger charge is 2.11. The maximum absolute atomic E-state index is 12.6. The smallest absolute Gasteiger partial charge is 0.257 e. The van der Waals surface area contributed by atoms with Gasteiger partial charge in [0.2, 0.25) is 0 Å². The molecule has 0 heterocycles. The molecule has 0 aliphatic carbocycles. The van der Waals surface area contributed by atoms with Crippen LogP contribution in [0.5, 0.6) is 5.75 Å². The fraction of sp³-hybridized carbons (Fsp3) is 0.231. The predicted octanol–water partition coefficient (Wildman–Crippen LogP) is 7.28. The van der Waals surface area contributed by atoms with E-state index >= 15 is 0 Å². The molecule has 0 spiro atoms. The summed E-state index contributed by atoms with van der Waals surface area (Å²) in [4.78, 5) is 12.6. The lowest BCUT2D eigenvalue weighted by Crippen LogP contribution is -2.34. The molecule has 0 atom stereocenters. The fourth-order valence-electron chi connectivity index (χ4n) is 3.13. The SMILES string of the molecule is CCCCCCOc1ccc(C(=O)NC(=S)Nc2ccc(Nc3ccccc3)cc2)cc1Br. The van der Waals surface area contributed by atoms with E-state index in [2.05, 4.69) is 38.8 Å². The molecule has 0 fully saturated rings. The number of ether oxygens (including phenoxy) is 1. The van der Waals surface area contributed by atoms with Crippen molar-refractivity contribution in [3.63, 3.8) is 0 Å². The van der Waals surface area contributed by atoms with Gasteiger partial charge in [-0.3, -0.25) is 10.1 Å². The molecule has 33 heavy (non-hydrogen) atoms. The first-order valence-corrected chi connectivity index (χ1v) is 12.2. The first-order valence-electron chi connectivity index (χ1n) is 11.0. The highest BCUT2D eigenvalue weighted by Crippen LogP contribution is 2.26. The third-order valence-electron chi connectivity index (χ3n) is 4.88. The predicted molar refractivity (Wildman–Crippen MR) is 144 cm³/mol. The monoisotopic (exact) mass is 525 g/mol. The van der Waals surface area contributed by atoms with Crippen LogP contribution in [0.2, 0.25) is 0 Å². The van der Waals surface area contributed by atoms with Gasteiger partial charge in [-0.15, -0.1) is 0 Å². The number of para-hydroxylation sites is 1. The number of anilines is 3. The zero-order valence-corrected chi connectivity index (χ0v) is 21.0. The highest BCUT2D eigenvalue weighted by molar-refractivity contribution is 9.10. The lowest BCUT2D eigenvalue weighted by atomic mass is 10.2. The number of carbonyl (C=O) groups is 1. The average Bonchev–Trinajstić information content (AvgIpc) is 2.81. The number of amides is 1. The molecule has 1 amide bonds. The van der Waals surface area contributed by atoms with Gasteiger partial charge >= 0.3 is 0 Å². The molecule has 7 heteroatoms. The van der Waals surface area contributed by atoms with E-state index in [1.165, 1.54) is 12.8 Å². The Hall–Kier alpha value is -2.90. The van der Waals surface area contributed by atoms with E-state index in [1.807, 2.05) is 54.6 Å². The number of benzene rings is 3. The summed E-state index contributed by atoms with van der Waals surface area (Å²) in [5.41, 5.74) is 3.25. The number of rotatable bonds is 10. The van der Waals surface area contributed by atoms with Crippen molar-refractivity contribution in [3.05, 3.63) is 82.8 Å². The molecule has 0 radical (unpaired) electrons. The first-order chi connectivity index (χ1) is 16.0. The van der Waals surface area contributed by atoms with Gasteiger partial charge in [0.15, 0.2) is 5.11 Å². The molecule has 172 valence electrons. The number of thiocarbonyl (C=S) groups is 1. The molecular formula is C26H28BrN3O2S. The van der Waals surface area contributed by atoms with Crippen LogP contribution in [0.25, 0.3) is 0 Å². The van der Waals surface area contributed by atoms with Crippen molar-refractivity contribution in [2.24, 2.45) is 0 Å². The van der Waals surface area contributed by atoms with Crippen molar-refractivity contribution in [2.75, 3.05) is 17.2 Å². The lowest BCUT2D eigenvalue weighted by molar-refractivity contribution is 0.0977. The van der Waals surface area contributed by atoms with E-state index in [0.717, 1.165) is 40.1 Å². The molecule has 5 nitrogen and oxygen atoms in total. The van der Waals surface area contributed by atoms with Crippen LogP contribution in [0.3, 0.4) is 0 Å². The minimum atomic E-state index is -0.287. The number of hydrogen-bond donors (Lipinski definition) is 3. The number of nitrogens with one attached hydrogen (secondary N) is 3. The lowest BCUT2D eigenvalue weighted by Gasteiger charge is -2.12. The van der Waals surface area contributed by atoms with E-state index in [-0.39, 0.29) is 11.0 Å². The summed E-state index contributed by atoms with van der Waals surface area (Å²) in [6.07, 6.45) is 4.59. The summed E-state index contributed by atoms with van der Waals surface area (Å²) in [5.74, 6) is 0.443. The van der Waals surface area contributed by atoms with Crippen LogP contribution in [0.4, 0.5) is 17.1 Å². The number of hydrogen-bond acceptors (Lipinski definition) is 4. The molecule has 3 aromatic carbocycles. The maximum Gasteiger partial charge on any atom is 0.257 e. The number of unbranched alkanes of at least 4 members (excludes halogenated alkanes) is 3. The maximum atomic E-state index is 12.6. The quantitative estimate of drug-likeness (QED) is 0.191. The zero-order valence-electron chi connectivity index (χ0n) is 18.6. The average molecular weight is 527 g/mol. The second kappa shape index (κ2) is 13.0. The third kappa shape index (κ3) is 8.18. The first kappa shape index (κ1) is 24.7. The minimum absolute atomic E-state index is 0.233. The second-order valence-electron chi connectivity index (χ2n) is 7.53. The Labute approximate surface area is 209 Å². The molecule has 0 unspecified atom stereocenters. The fourth-order valence-corrected chi connectivity index (χ4v) is 3.84. The molecule has 3 aromatic rings. The molecule has 0 bridgehead atoms. The van der Waals surface area contributed by atoms with Crippen molar-refractivity contribution < 1.29 is 9.53 Å². The van der Waals surface area contributed by atoms with Crippen LogP contribution < -0.4 is 20.7 Å². The Morgan fingerprint density at radius 2 is 1.61 bits per heavy atom. The molecule has 0 aliphatic heterocycles. The standard InChI is InChI=1S/C26H28BrN3O2S/c1-2-3-4-8-17-32-24-16-11-19(18-23(24)27)25(31)30-26(33)29-22-14-12-21(13-15-22)28-20-9-6-5-7-10-20/h5-7,9-16,18,28H,2-4,8,17H2,1H3,(H2,29,30,31,33). The largest absolute Gasteiger partial charge is 0.492 e.